The number of carboxylic acids is 1. The highest BCUT2D eigenvalue weighted by molar-refractivity contribution is 7.90. The van der Waals surface area contributed by atoms with Crippen molar-refractivity contribution in [2.75, 3.05) is 0 Å². The average Bonchev–Trinajstić information content (AvgIpc) is 3.31. The molecular formula is C28H27F4N3O4S. The van der Waals surface area contributed by atoms with E-state index in [0.717, 1.165) is 6.20 Å². The van der Waals surface area contributed by atoms with E-state index in [0.29, 0.717) is 11.1 Å². The molecule has 0 aliphatic carbocycles. The molecule has 0 spiro atoms. The number of halogens is 4. The zero-order chi connectivity index (χ0) is 29.2. The normalized spacial score (nSPS) is 13.0. The van der Waals surface area contributed by atoms with Crippen molar-refractivity contribution in [3.05, 3.63) is 83.6 Å². The van der Waals surface area contributed by atoms with Gasteiger partial charge >= 0.3 is 12.3 Å². The molecule has 2 N–H and O–H groups in total. The Balaban J connectivity index is 1.76. The number of carboxylic acid groups (broad SMARTS) is 1. The number of aromatic nitrogens is 2. The van der Waals surface area contributed by atoms with E-state index in [2.05, 4.69) is 9.71 Å². The Bertz CT molecular complexity index is 1530. The number of nitrogens with one attached hydrogen (secondary N) is 1. The molecule has 0 unspecified atom stereocenters. The lowest BCUT2D eigenvalue weighted by molar-refractivity contribution is -0.200. The van der Waals surface area contributed by atoms with Gasteiger partial charge in [0.15, 0.2) is 5.82 Å². The van der Waals surface area contributed by atoms with E-state index >= 15 is 4.39 Å². The number of hydrogen-bond donors (Lipinski definition) is 2. The largest absolute Gasteiger partial charge is 0.598 e. The van der Waals surface area contributed by atoms with Gasteiger partial charge in [-0.15, -0.1) is 17.9 Å². The first-order valence-corrected chi connectivity index (χ1v) is 13.3. The van der Waals surface area contributed by atoms with E-state index in [9.17, 15) is 27.6 Å². The third-order valence-corrected chi connectivity index (χ3v) is 7.55. The van der Waals surface area contributed by atoms with Crippen molar-refractivity contribution in [3.8, 4) is 16.9 Å². The van der Waals surface area contributed by atoms with E-state index < -0.39 is 34.2 Å². The number of benzene rings is 2. The number of pyridine rings is 1. The van der Waals surface area contributed by atoms with Crippen LogP contribution in [-0.4, -0.2) is 29.9 Å². The van der Waals surface area contributed by atoms with Crippen LogP contribution in [0.2, 0.25) is 0 Å². The van der Waals surface area contributed by atoms with Crippen molar-refractivity contribution in [3.63, 3.8) is 0 Å². The SMILES string of the molecule is CC(C)(C)[S@+]([O-])NCc1nccc(-c2cc(COc3ccccc3CC(=O)O)cc3c2ccn3C(F)(F)F)c1F. The maximum absolute atomic E-state index is 15.7. The van der Waals surface area contributed by atoms with Crippen molar-refractivity contribution in [2.24, 2.45) is 0 Å². The molecule has 0 fully saturated rings. The second kappa shape index (κ2) is 11.5. The fourth-order valence-electron chi connectivity index (χ4n) is 4.11. The van der Waals surface area contributed by atoms with Crippen LogP contribution in [0.5, 0.6) is 5.75 Å². The number of fused-ring (bicyclic) bond motifs is 1. The Morgan fingerprint density at radius 1 is 1.12 bits per heavy atom. The number of nitrogens with zero attached hydrogens (tertiary/aromatic N) is 2. The number of alkyl halides is 3. The van der Waals surface area contributed by atoms with Gasteiger partial charge in [-0.25, -0.2) is 4.39 Å². The number of carbonyl (C=O) groups is 1. The molecule has 0 bridgehead atoms. The minimum atomic E-state index is -4.73. The Labute approximate surface area is 231 Å². The molecule has 0 amide bonds. The van der Waals surface area contributed by atoms with Gasteiger partial charge in [0.25, 0.3) is 0 Å². The fraction of sp³-hybridized carbons (Fsp3) is 0.286. The maximum Gasteiger partial charge on any atom is 0.488 e. The third-order valence-electron chi connectivity index (χ3n) is 6.03. The molecular weight excluding hydrogens is 550 g/mol. The summed E-state index contributed by atoms with van der Waals surface area (Å²) in [6.07, 6.45) is -2.81. The molecule has 4 rings (SSSR count). The van der Waals surface area contributed by atoms with Gasteiger partial charge < -0.3 is 14.4 Å². The minimum Gasteiger partial charge on any atom is -0.598 e. The van der Waals surface area contributed by atoms with Crippen molar-refractivity contribution >= 4 is 28.2 Å². The Hall–Kier alpha value is -3.61. The summed E-state index contributed by atoms with van der Waals surface area (Å²) in [5.41, 5.74) is 0.679. The summed E-state index contributed by atoms with van der Waals surface area (Å²) in [6.45, 7) is 4.91. The lowest BCUT2D eigenvalue weighted by Gasteiger charge is -2.23. The van der Waals surface area contributed by atoms with Crippen LogP contribution in [0.3, 0.4) is 0 Å². The molecule has 4 aromatic rings. The van der Waals surface area contributed by atoms with Crippen molar-refractivity contribution in [2.45, 2.75) is 51.4 Å². The van der Waals surface area contributed by atoms with E-state index in [1.165, 1.54) is 30.5 Å². The summed E-state index contributed by atoms with van der Waals surface area (Å²) in [5, 5.41) is 9.33. The summed E-state index contributed by atoms with van der Waals surface area (Å²) >= 11 is -1.49. The van der Waals surface area contributed by atoms with Crippen LogP contribution in [0.1, 0.15) is 37.6 Å². The minimum absolute atomic E-state index is 0.0198. The molecule has 0 aliphatic heterocycles. The molecule has 212 valence electrons. The molecule has 1 atom stereocenters. The van der Waals surface area contributed by atoms with Crippen LogP contribution in [0, 0.1) is 5.82 Å². The van der Waals surface area contributed by atoms with Crippen molar-refractivity contribution in [1.82, 2.24) is 14.3 Å². The molecule has 2 aromatic carbocycles. The summed E-state index contributed by atoms with van der Waals surface area (Å²) in [4.78, 5) is 15.3. The lowest BCUT2D eigenvalue weighted by atomic mass is 9.98. The van der Waals surface area contributed by atoms with Gasteiger partial charge in [0.05, 0.1) is 24.2 Å². The number of ether oxygens (including phenoxy) is 1. The standard InChI is InChI=1S/C28H27F4N3O4S/c1-27(2,3)40(38)34-15-22-26(29)20(8-10-33-22)21-12-17(13-23-19(21)9-11-35(23)28(30,31)32)16-39-24-7-5-4-6-18(24)14-25(36)37/h4-13,34H,14-16H2,1-3H3,(H,36,37)/t40-/m0/s1. The van der Waals surface area contributed by atoms with Gasteiger partial charge in [-0.2, -0.15) is 0 Å². The average molecular weight is 578 g/mol. The molecule has 7 nitrogen and oxygen atoms in total. The van der Waals surface area contributed by atoms with E-state index in [4.69, 9.17) is 4.74 Å². The predicted molar refractivity (Wildman–Crippen MR) is 143 cm³/mol. The van der Waals surface area contributed by atoms with Crippen molar-refractivity contribution in [1.29, 1.82) is 0 Å². The monoisotopic (exact) mass is 577 g/mol. The number of rotatable bonds is 9. The first-order valence-electron chi connectivity index (χ1n) is 12.2. The zero-order valence-electron chi connectivity index (χ0n) is 21.9. The summed E-state index contributed by atoms with van der Waals surface area (Å²) in [5.74, 6) is -1.55. The summed E-state index contributed by atoms with van der Waals surface area (Å²) in [7, 11) is 0. The first kappa shape index (κ1) is 29.4. The van der Waals surface area contributed by atoms with Gasteiger partial charge in [0.1, 0.15) is 17.1 Å². The molecule has 2 aromatic heterocycles. The van der Waals surface area contributed by atoms with Crippen LogP contribution in [0.4, 0.5) is 17.6 Å². The van der Waals surface area contributed by atoms with E-state index in [1.54, 1.807) is 45.0 Å². The maximum atomic E-state index is 15.7. The number of para-hydroxylation sites is 1. The lowest BCUT2D eigenvalue weighted by Crippen LogP contribution is -2.39. The van der Waals surface area contributed by atoms with Crippen LogP contribution >= 0.6 is 0 Å². The van der Waals surface area contributed by atoms with E-state index in [-0.39, 0.29) is 57.6 Å². The van der Waals surface area contributed by atoms with Crippen molar-refractivity contribution < 1.29 is 36.8 Å². The molecule has 0 radical (unpaired) electrons. The highest BCUT2D eigenvalue weighted by atomic mass is 32.2. The van der Waals surface area contributed by atoms with Crippen LogP contribution in [0.15, 0.2) is 60.9 Å². The van der Waals surface area contributed by atoms with Crippen LogP contribution in [0.25, 0.3) is 22.0 Å². The van der Waals surface area contributed by atoms with Crippen LogP contribution in [-0.2, 0) is 42.0 Å². The highest BCUT2D eigenvalue weighted by Gasteiger charge is 2.32. The second-order valence-electron chi connectivity index (χ2n) is 10.0. The number of aliphatic carboxylic acids is 1. The van der Waals surface area contributed by atoms with Gasteiger partial charge in [0.2, 0.25) is 0 Å². The van der Waals surface area contributed by atoms with Crippen LogP contribution < -0.4 is 9.46 Å². The molecule has 2 heterocycles. The summed E-state index contributed by atoms with van der Waals surface area (Å²) < 4.78 is 77.6. The predicted octanol–water partition coefficient (Wildman–Crippen LogP) is 6.08. The van der Waals surface area contributed by atoms with Gasteiger partial charge in [-0.1, -0.05) is 18.2 Å². The third kappa shape index (κ3) is 6.57. The van der Waals surface area contributed by atoms with Gasteiger partial charge in [-0.3, -0.25) is 14.3 Å². The highest BCUT2D eigenvalue weighted by Crippen LogP contribution is 2.37. The quantitative estimate of drug-likeness (QED) is 0.185. The smallest absolute Gasteiger partial charge is 0.488 e. The Morgan fingerprint density at radius 2 is 1.85 bits per heavy atom. The zero-order valence-corrected chi connectivity index (χ0v) is 22.7. The fourth-order valence-corrected chi connectivity index (χ4v) is 4.81. The van der Waals surface area contributed by atoms with Gasteiger partial charge in [0, 0.05) is 40.3 Å². The molecule has 40 heavy (non-hydrogen) atoms. The number of hydrogen-bond acceptors (Lipinski definition) is 5. The Kier molecular flexibility index (Phi) is 8.43. The molecule has 0 saturated heterocycles. The second-order valence-corrected chi connectivity index (χ2v) is 12.1. The Morgan fingerprint density at radius 3 is 2.52 bits per heavy atom. The topological polar surface area (TPSA) is 99.4 Å². The van der Waals surface area contributed by atoms with E-state index in [1.807, 2.05) is 0 Å². The summed E-state index contributed by atoms with van der Waals surface area (Å²) in [6, 6.07) is 11.9. The molecule has 12 heteroatoms. The molecule has 0 aliphatic rings. The first-order chi connectivity index (χ1) is 18.8. The van der Waals surface area contributed by atoms with Gasteiger partial charge in [-0.05, 0) is 62.2 Å². The molecule has 0 saturated carbocycles.